The third-order valence-electron chi connectivity index (χ3n) is 6.63. The van der Waals surface area contributed by atoms with Crippen LogP contribution in [0.4, 0.5) is 17.5 Å². The van der Waals surface area contributed by atoms with Crippen molar-refractivity contribution in [2.75, 3.05) is 70.3 Å². The van der Waals surface area contributed by atoms with E-state index in [4.69, 9.17) is 21.1 Å². The Kier molecular flexibility index (Phi) is 7.45. The molecule has 2 aliphatic rings. The third kappa shape index (κ3) is 5.63. The minimum absolute atomic E-state index is 0.117. The Morgan fingerprint density at radius 3 is 2.70 bits per heavy atom. The molecule has 0 spiro atoms. The molecule has 1 aromatic carbocycles. The Labute approximate surface area is 219 Å². The van der Waals surface area contributed by atoms with Crippen molar-refractivity contribution in [3.8, 4) is 5.75 Å². The van der Waals surface area contributed by atoms with Gasteiger partial charge in [-0.25, -0.2) is 4.98 Å². The van der Waals surface area contributed by atoms with Gasteiger partial charge in [0.15, 0.2) is 18.2 Å². The summed E-state index contributed by atoms with van der Waals surface area (Å²) in [6, 6.07) is 7.34. The molecule has 196 valence electrons. The minimum Gasteiger partial charge on any atom is -0.478 e. The van der Waals surface area contributed by atoms with E-state index >= 15 is 0 Å². The number of benzene rings is 1. The van der Waals surface area contributed by atoms with E-state index in [1.54, 1.807) is 16.8 Å². The van der Waals surface area contributed by atoms with Gasteiger partial charge in [-0.15, -0.1) is 0 Å². The Balaban J connectivity index is 1.45. The summed E-state index contributed by atoms with van der Waals surface area (Å²) in [5, 5.41) is 6.98. The topological polar surface area (TPSA) is 114 Å². The number of halogens is 1. The Morgan fingerprint density at radius 2 is 2.00 bits per heavy atom. The molecule has 0 aliphatic carbocycles. The van der Waals surface area contributed by atoms with Crippen molar-refractivity contribution in [3.05, 3.63) is 45.8 Å². The van der Waals surface area contributed by atoms with Crippen molar-refractivity contribution < 1.29 is 14.3 Å². The number of ether oxygens (including phenoxy) is 2. The monoisotopic (exact) mass is 527 g/mol. The second-order valence-electron chi connectivity index (χ2n) is 9.35. The molecular weight excluding hydrogens is 498 g/mol. The lowest BCUT2D eigenvalue weighted by atomic mass is 10.1. The maximum absolute atomic E-state index is 13.2. The van der Waals surface area contributed by atoms with E-state index < -0.39 is 0 Å². The van der Waals surface area contributed by atoms with Gasteiger partial charge >= 0.3 is 0 Å². The van der Waals surface area contributed by atoms with Crippen molar-refractivity contribution in [1.82, 2.24) is 24.8 Å². The molecule has 2 fully saturated rings. The van der Waals surface area contributed by atoms with Crippen molar-refractivity contribution >= 4 is 45.9 Å². The number of pyridine rings is 1. The zero-order chi connectivity index (χ0) is 25.9. The number of rotatable bonds is 8. The first kappa shape index (κ1) is 25.2. The molecule has 0 bridgehead atoms. The van der Waals surface area contributed by atoms with Crippen LogP contribution < -0.4 is 25.8 Å². The number of fused-ring (bicyclic) bond motifs is 1. The number of hydrogen-bond donors (Lipinski definition) is 2. The molecule has 3 aromatic rings. The highest BCUT2D eigenvalue weighted by Crippen LogP contribution is 2.28. The molecule has 5 rings (SSSR count). The molecule has 1 amide bonds. The first-order valence-corrected chi connectivity index (χ1v) is 12.6. The molecule has 4 heterocycles. The molecule has 0 radical (unpaired) electrons. The SMILES string of the molecule is CNC(=O)COc1cc2cc(Nc3nc(N4CCN(C)CC4)ncc3Cl)ccc2n(CC2COC2)c1=O. The molecule has 2 saturated heterocycles. The van der Waals surface area contributed by atoms with Gasteiger partial charge in [-0.3, -0.25) is 9.59 Å². The van der Waals surface area contributed by atoms with Crippen LogP contribution >= 0.6 is 11.6 Å². The number of carbonyl (C=O) groups is 1. The van der Waals surface area contributed by atoms with Gasteiger partial charge in [0.1, 0.15) is 5.02 Å². The summed E-state index contributed by atoms with van der Waals surface area (Å²) >= 11 is 6.43. The van der Waals surface area contributed by atoms with Crippen LogP contribution in [0.25, 0.3) is 10.9 Å². The van der Waals surface area contributed by atoms with E-state index in [1.165, 1.54) is 7.05 Å². The van der Waals surface area contributed by atoms with Crippen LogP contribution in [-0.4, -0.2) is 85.4 Å². The van der Waals surface area contributed by atoms with Crippen molar-refractivity contribution in [3.63, 3.8) is 0 Å². The number of hydrogen-bond acceptors (Lipinski definition) is 9. The summed E-state index contributed by atoms with van der Waals surface area (Å²) < 4.78 is 12.6. The average molecular weight is 528 g/mol. The molecule has 0 unspecified atom stereocenters. The number of aromatic nitrogens is 3. The summed E-state index contributed by atoms with van der Waals surface area (Å²) in [5.41, 5.74) is 1.23. The highest BCUT2D eigenvalue weighted by atomic mass is 35.5. The molecule has 12 heteroatoms. The first-order chi connectivity index (χ1) is 17.9. The number of nitrogens with zero attached hydrogens (tertiary/aromatic N) is 5. The number of carbonyl (C=O) groups excluding carboxylic acids is 1. The molecular formula is C25H30ClN7O4. The Morgan fingerprint density at radius 1 is 1.22 bits per heavy atom. The summed E-state index contributed by atoms with van der Waals surface area (Å²) in [4.78, 5) is 38.4. The zero-order valence-corrected chi connectivity index (χ0v) is 21.6. The highest BCUT2D eigenvalue weighted by Gasteiger charge is 2.22. The predicted octanol–water partition coefficient (Wildman–Crippen LogP) is 1.71. The smallest absolute Gasteiger partial charge is 0.293 e. The van der Waals surface area contributed by atoms with Gasteiger partial charge in [0.05, 0.1) is 24.9 Å². The van der Waals surface area contributed by atoms with E-state index in [1.807, 2.05) is 18.2 Å². The van der Waals surface area contributed by atoms with Crippen LogP contribution in [0.5, 0.6) is 5.75 Å². The fourth-order valence-electron chi connectivity index (χ4n) is 4.33. The van der Waals surface area contributed by atoms with Crippen molar-refractivity contribution in [2.24, 2.45) is 5.92 Å². The van der Waals surface area contributed by atoms with E-state index in [-0.39, 0.29) is 29.7 Å². The molecule has 0 atom stereocenters. The van der Waals surface area contributed by atoms with Crippen LogP contribution in [0, 0.1) is 5.92 Å². The maximum Gasteiger partial charge on any atom is 0.293 e. The van der Waals surface area contributed by atoms with Crippen LogP contribution in [0.15, 0.2) is 35.3 Å². The molecule has 37 heavy (non-hydrogen) atoms. The van der Waals surface area contributed by atoms with E-state index in [9.17, 15) is 9.59 Å². The normalized spacial score (nSPS) is 16.5. The van der Waals surface area contributed by atoms with E-state index in [2.05, 4.69) is 37.4 Å². The lowest BCUT2D eigenvalue weighted by Gasteiger charge is -2.32. The lowest BCUT2D eigenvalue weighted by Crippen LogP contribution is -2.45. The van der Waals surface area contributed by atoms with Crippen molar-refractivity contribution in [2.45, 2.75) is 6.54 Å². The molecule has 2 aliphatic heterocycles. The minimum atomic E-state index is -0.316. The predicted molar refractivity (Wildman–Crippen MR) is 142 cm³/mol. The van der Waals surface area contributed by atoms with Crippen LogP contribution in [0.1, 0.15) is 0 Å². The lowest BCUT2D eigenvalue weighted by molar-refractivity contribution is -0.122. The van der Waals surface area contributed by atoms with E-state index in [0.29, 0.717) is 36.5 Å². The fraction of sp³-hybridized carbons (Fsp3) is 0.440. The fourth-order valence-corrected chi connectivity index (χ4v) is 4.47. The number of nitrogens with one attached hydrogen (secondary N) is 2. The Bertz CT molecular complexity index is 1350. The Hall–Kier alpha value is -3.41. The second-order valence-corrected chi connectivity index (χ2v) is 9.75. The number of piperazine rings is 1. The molecule has 2 aromatic heterocycles. The van der Waals surface area contributed by atoms with Gasteiger partial charge in [0.2, 0.25) is 5.95 Å². The quantitative estimate of drug-likeness (QED) is 0.452. The number of amides is 1. The number of anilines is 3. The summed E-state index contributed by atoms with van der Waals surface area (Å²) in [6.45, 7) is 5.05. The van der Waals surface area contributed by atoms with Gasteiger partial charge in [0, 0.05) is 56.8 Å². The second kappa shape index (κ2) is 10.9. The summed E-state index contributed by atoms with van der Waals surface area (Å²) in [6.07, 6.45) is 1.61. The van der Waals surface area contributed by atoms with Crippen LogP contribution in [0.3, 0.4) is 0 Å². The summed E-state index contributed by atoms with van der Waals surface area (Å²) in [7, 11) is 3.62. The standard InChI is InChI=1S/C25H30ClN7O4/c1-27-22(34)15-37-21-10-17-9-18(3-4-20(17)33(24(21)35)12-16-13-36-14-16)29-23-19(26)11-28-25(30-23)32-7-5-31(2)6-8-32/h3-4,9-11,16H,5-8,12-15H2,1-2H3,(H,27,34)(H,28,29,30). The maximum atomic E-state index is 13.2. The third-order valence-corrected chi connectivity index (χ3v) is 6.90. The first-order valence-electron chi connectivity index (χ1n) is 12.2. The molecule has 2 N–H and O–H groups in total. The van der Waals surface area contributed by atoms with Crippen LogP contribution in [0.2, 0.25) is 5.02 Å². The molecule has 0 saturated carbocycles. The van der Waals surface area contributed by atoms with Gasteiger partial charge in [-0.2, -0.15) is 4.98 Å². The van der Waals surface area contributed by atoms with Gasteiger partial charge < -0.3 is 34.5 Å². The van der Waals surface area contributed by atoms with Crippen molar-refractivity contribution in [1.29, 1.82) is 0 Å². The van der Waals surface area contributed by atoms with Gasteiger partial charge in [-0.05, 0) is 31.3 Å². The van der Waals surface area contributed by atoms with Gasteiger partial charge in [0.25, 0.3) is 11.5 Å². The number of likely N-dealkylation sites (N-methyl/N-ethyl adjacent to an activating group) is 2. The zero-order valence-electron chi connectivity index (χ0n) is 20.9. The van der Waals surface area contributed by atoms with Gasteiger partial charge in [-0.1, -0.05) is 11.6 Å². The van der Waals surface area contributed by atoms with Crippen LogP contribution in [-0.2, 0) is 16.1 Å². The largest absolute Gasteiger partial charge is 0.478 e. The highest BCUT2D eigenvalue weighted by molar-refractivity contribution is 6.32. The van der Waals surface area contributed by atoms with E-state index in [0.717, 1.165) is 42.8 Å². The molecule has 11 nitrogen and oxygen atoms in total. The summed E-state index contributed by atoms with van der Waals surface area (Å²) in [5.74, 6) is 1.18. The average Bonchev–Trinajstić information content (AvgIpc) is 2.87.